The molecular formula is C19H23N5O. The molecule has 1 saturated heterocycles. The Bertz CT molecular complexity index is 881. The summed E-state index contributed by atoms with van der Waals surface area (Å²) < 4.78 is 2.12. The van der Waals surface area contributed by atoms with Crippen LogP contribution in [0.15, 0.2) is 36.8 Å². The van der Waals surface area contributed by atoms with E-state index in [0.29, 0.717) is 17.5 Å². The number of hydrogen-bond acceptors (Lipinski definition) is 3. The Balaban J connectivity index is 1.57. The monoisotopic (exact) mass is 337 g/mol. The molecule has 3 aromatic rings. The maximum absolute atomic E-state index is 13.0. The molecule has 1 aromatic carbocycles. The second-order valence-corrected chi connectivity index (χ2v) is 7.05. The molecule has 3 heterocycles. The van der Waals surface area contributed by atoms with E-state index in [0.717, 1.165) is 42.7 Å². The standard InChI is InChI=1S/C19H23N5O/c1-13(2)24-12-20-17-10-14(5-6-18(17)24)19(25)23-9-3-4-15(11-23)16-7-8-21-22-16/h5-8,10,12-13,15H,3-4,9,11H2,1-2H3,(H,21,22). The van der Waals surface area contributed by atoms with E-state index in [1.807, 2.05) is 35.5 Å². The van der Waals surface area contributed by atoms with E-state index < -0.39 is 0 Å². The van der Waals surface area contributed by atoms with Gasteiger partial charge in [-0.3, -0.25) is 9.89 Å². The predicted molar refractivity (Wildman–Crippen MR) is 96.6 cm³/mol. The summed E-state index contributed by atoms with van der Waals surface area (Å²) >= 11 is 0. The first-order valence-corrected chi connectivity index (χ1v) is 8.88. The molecule has 1 unspecified atom stereocenters. The number of amides is 1. The van der Waals surface area contributed by atoms with Crippen LogP contribution in [0.25, 0.3) is 11.0 Å². The van der Waals surface area contributed by atoms with Crippen LogP contribution in [0, 0.1) is 0 Å². The number of H-pyrrole nitrogens is 1. The number of hydrogen-bond donors (Lipinski definition) is 1. The van der Waals surface area contributed by atoms with Gasteiger partial charge in [0, 0.05) is 42.5 Å². The van der Waals surface area contributed by atoms with Crippen LogP contribution in [0.3, 0.4) is 0 Å². The normalized spacial score (nSPS) is 18.2. The summed E-state index contributed by atoms with van der Waals surface area (Å²) in [4.78, 5) is 19.4. The Morgan fingerprint density at radius 3 is 2.96 bits per heavy atom. The van der Waals surface area contributed by atoms with Crippen LogP contribution >= 0.6 is 0 Å². The number of piperidine rings is 1. The maximum Gasteiger partial charge on any atom is 0.253 e. The van der Waals surface area contributed by atoms with Crippen LogP contribution in [0.2, 0.25) is 0 Å². The van der Waals surface area contributed by atoms with Gasteiger partial charge in [-0.15, -0.1) is 0 Å². The van der Waals surface area contributed by atoms with Crippen molar-refractivity contribution in [3.8, 4) is 0 Å². The highest BCUT2D eigenvalue weighted by molar-refractivity contribution is 5.97. The molecule has 1 aliphatic rings. The second-order valence-electron chi connectivity index (χ2n) is 7.05. The van der Waals surface area contributed by atoms with Gasteiger partial charge < -0.3 is 9.47 Å². The van der Waals surface area contributed by atoms with E-state index in [1.54, 1.807) is 6.20 Å². The molecular weight excluding hydrogens is 314 g/mol. The first-order valence-electron chi connectivity index (χ1n) is 8.88. The van der Waals surface area contributed by atoms with E-state index in [2.05, 4.69) is 33.6 Å². The van der Waals surface area contributed by atoms with Crippen LogP contribution in [0.5, 0.6) is 0 Å². The van der Waals surface area contributed by atoms with E-state index in [1.165, 1.54) is 0 Å². The number of aromatic amines is 1. The Morgan fingerprint density at radius 1 is 1.32 bits per heavy atom. The molecule has 0 radical (unpaired) electrons. The molecule has 2 aromatic heterocycles. The predicted octanol–water partition coefficient (Wildman–Crippen LogP) is 3.36. The van der Waals surface area contributed by atoms with Gasteiger partial charge in [0.1, 0.15) is 0 Å². The minimum atomic E-state index is 0.0882. The van der Waals surface area contributed by atoms with Gasteiger partial charge in [-0.25, -0.2) is 4.98 Å². The SMILES string of the molecule is CC(C)n1cnc2cc(C(=O)N3CCCC(c4ccn[nH]4)C3)ccc21. The lowest BCUT2D eigenvalue weighted by Crippen LogP contribution is -2.39. The Hall–Kier alpha value is -2.63. The fraction of sp³-hybridized carbons (Fsp3) is 0.421. The lowest BCUT2D eigenvalue weighted by molar-refractivity contribution is 0.0706. The largest absolute Gasteiger partial charge is 0.338 e. The van der Waals surface area contributed by atoms with Crippen LogP contribution in [-0.4, -0.2) is 43.6 Å². The van der Waals surface area contributed by atoms with Crippen molar-refractivity contribution in [2.45, 2.75) is 38.6 Å². The summed E-state index contributed by atoms with van der Waals surface area (Å²) in [5, 5.41) is 7.08. The summed E-state index contributed by atoms with van der Waals surface area (Å²) in [7, 11) is 0. The van der Waals surface area contributed by atoms with Gasteiger partial charge in [0.15, 0.2) is 0 Å². The number of rotatable bonds is 3. The minimum Gasteiger partial charge on any atom is -0.338 e. The smallest absolute Gasteiger partial charge is 0.253 e. The zero-order chi connectivity index (χ0) is 17.4. The number of carbonyl (C=O) groups is 1. The third kappa shape index (κ3) is 2.92. The summed E-state index contributed by atoms with van der Waals surface area (Å²) in [6.45, 7) is 5.80. The lowest BCUT2D eigenvalue weighted by Gasteiger charge is -2.32. The lowest BCUT2D eigenvalue weighted by atomic mass is 9.94. The fourth-order valence-electron chi connectivity index (χ4n) is 3.67. The third-order valence-electron chi connectivity index (χ3n) is 5.05. The molecule has 1 fully saturated rings. The van der Waals surface area contributed by atoms with Crippen molar-refractivity contribution in [2.24, 2.45) is 0 Å². The van der Waals surface area contributed by atoms with E-state index >= 15 is 0 Å². The van der Waals surface area contributed by atoms with Gasteiger partial charge >= 0.3 is 0 Å². The summed E-state index contributed by atoms with van der Waals surface area (Å²) in [5.41, 5.74) is 3.78. The van der Waals surface area contributed by atoms with E-state index in [9.17, 15) is 4.79 Å². The number of carbonyl (C=O) groups excluding carboxylic acids is 1. The molecule has 1 amide bonds. The van der Waals surface area contributed by atoms with Gasteiger partial charge in [0.2, 0.25) is 0 Å². The quantitative estimate of drug-likeness (QED) is 0.797. The maximum atomic E-state index is 13.0. The van der Waals surface area contributed by atoms with E-state index in [4.69, 9.17) is 0 Å². The van der Waals surface area contributed by atoms with E-state index in [-0.39, 0.29) is 5.91 Å². The molecule has 0 bridgehead atoms. The van der Waals surface area contributed by atoms with Crippen molar-refractivity contribution >= 4 is 16.9 Å². The number of imidazole rings is 1. The summed E-state index contributed by atoms with van der Waals surface area (Å²) in [5.74, 6) is 0.425. The number of fused-ring (bicyclic) bond motifs is 1. The zero-order valence-corrected chi connectivity index (χ0v) is 14.6. The number of likely N-dealkylation sites (tertiary alicyclic amines) is 1. The number of aromatic nitrogens is 4. The first kappa shape index (κ1) is 15.9. The molecule has 0 spiro atoms. The van der Waals surface area contributed by atoms with Crippen LogP contribution in [0.4, 0.5) is 0 Å². The average Bonchev–Trinajstić information content (AvgIpc) is 3.30. The molecule has 0 saturated carbocycles. The topological polar surface area (TPSA) is 66.8 Å². The number of nitrogens with one attached hydrogen (secondary N) is 1. The molecule has 130 valence electrons. The molecule has 4 rings (SSSR count). The van der Waals surface area contributed by atoms with Crippen molar-refractivity contribution in [1.82, 2.24) is 24.6 Å². The van der Waals surface area contributed by atoms with Crippen molar-refractivity contribution in [2.75, 3.05) is 13.1 Å². The minimum absolute atomic E-state index is 0.0882. The molecule has 1 atom stereocenters. The van der Waals surface area contributed by atoms with Crippen molar-refractivity contribution in [1.29, 1.82) is 0 Å². The molecule has 6 heteroatoms. The molecule has 6 nitrogen and oxygen atoms in total. The Morgan fingerprint density at radius 2 is 2.20 bits per heavy atom. The van der Waals surface area contributed by atoms with Crippen molar-refractivity contribution in [3.63, 3.8) is 0 Å². The first-order chi connectivity index (χ1) is 12.1. The fourth-order valence-corrected chi connectivity index (χ4v) is 3.67. The average molecular weight is 337 g/mol. The number of benzene rings is 1. The Labute approximate surface area is 146 Å². The summed E-state index contributed by atoms with van der Waals surface area (Å²) in [6, 6.07) is 8.19. The molecule has 0 aliphatic carbocycles. The van der Waals surface area contributed by atoms with Gasteiger partial charge in [-0.05, 0) is 51.0 Å². The van der Waals surface area contributed by atoms with Gasteiger partial charge in [-0.1, -0.05) is 0 Å². The molecule has 1 N–H and O–H groups in total. The van der Waals surface area contributed by atoms with Crippen molar-refractivity contribution in [3.05, 3.63) is 48.0 Å². The highest BCUT2D eigenvalue weighted by Crippen LogP contribution is 2.27. The molecule has 25 heavy (non-hydrogen) atoms. The zero-order valence-electron chi connectivity index (χ0n) is 14.6. The van der Waals surface area contributed by atoms with Crippen molar-refractivity contribution < 1.29 is 4.79 Å². The highest BCUT2D eigenvalue weighted by Gasteiger charge is 2.26. The van der Waals surface area contributed by atoms with Crippen LogP contribution in [-0.2, 0) is 0 Å². The number of nitrogens with zero attached hydrogens (tertiary/aromatic N) is 4. The summed E-state index contributed by atoms with van der Waals surface area (Å²) in [6.07, 6.45) is 5.72. The third-order valence-corrected chi connectivity index (χ3v) is 5.05. The van der Waals surface area contributed by atoms with Gasteiger partial charge in [0.05, 0.1) is 17.4 Å². The Kier molecular flexibility index (Phi) is 4.03. The van der Waals surface area contributed by atoms with Gasteiger partial charge in [-0.2, -0.15) is 5.10 Å². The second kappa shape index (κ2) is 6.35. The van der Waals surface area contributed by atoms with Crippen LogP contribution < -0.4 is 0 Å². The van der Waals surface area contributed by atoms with Gasteiger partial charge in [0.25, 0.3) is 5.91 Å². The van der Waals surface area contributed by atoms with Crippen LogP contribution in [0.1, 0.15) is 54.7 Å². The highest BCUT2D eigenvalue weighted by atomic mass is 16.2. The molecule has 1 aliphatic heterocycles.